The van der Waals surface area contributed by atoms with Crippen LogP contribution in [0.5, 0.6) is 5.88 Å². The smallest absolute Gasteiger partial charge is 0.216 e. The zero-order valence-electron chi connectivity index (χ0n) is 10.7. The summed E-state index contributed by atoms with van der Waals surface area (Å²) in [4.78, 5) is 1.31. The quantitative estimate of drug-likeness (QED) is 0.916. The van der Waals surface area contributed by atoms with Crippen LogP contribution in [0.1, 0.15) is 16.1 Å². The fourth-order valence-corrected chi connectivity index (χ4v) is 3.32. The molecule has 2 aromatic heterocycles. The number of thiophene rings is 1. The summed E-state index contributed by atoms with van der Waals surface area (Å²) in [6, 6.07) is 2.13. The van der Waals surface area contributed by atoms with E-state index in [0.29, 0.717) is 0 Å². The van der Waals surface area contributed by atoms with Crippen LogP contribution in [0, 0.1) is 6.92 Å². The number of rotatable bonds is 5. The fourth-order valence-electron chi connectivity index (χ4n) is 1.90. The van der Waals surface area contributed by atoms with Crippen molar-refractivity contribution in [3.63, 3.8) is 0 Å². The van der Waals surface area contributed by atoms with E-state index < -0.39 is 0 Å². The maximum Gasteiger partial charge on any atom is 0.216 e. The topological polar surface area (TPSA) is 39.1 Å². The van der Waals surface area contributed by atoms with Gasteiger partial charge in [0.15, 0.2) is 0 Å². The second-order valence-corrected chi connectivity index (χ2v) is 5.94. The van der Waals surface area contributed by atoms with Crippen LogP contribution in [0.25, 0.3) is 0 Å². The maximum atomic E-state index is 5.36. The van der Waals surface area contributed by atoms with Crippen LogP contribution in [0.4, 0.5) is 0 Å². The highest BCUT2D eigenvalue weighted by molar-refractivity contribution is 9.10. The molecule has 2 aromatic rings. The number of methoxy groups -OCH3 is 1. The van der Waals surface area contributed by atoms with E-state index in [4.69, 9.17) is 4.74 Å². The van der Waals surface area contributed by atoms with Gasteiger partial charge in [-0.15, -0.1) is 11.3 Å². The van der Waals surface area contributed by atoms with Crippen molar-refractivity contribution in [3.8, 4) is 5.88 Å². The molecule has 0 aliphatic heterocycles. The van der Waals surface area contributed by atoms with Crippen molar-refractivity contribution in [2.45, 2.75) is 20.0 Å². The highest BCUT2D eigenvalue weighted by Gasteiger charge is 2.13. The van der Waals surface area contributed by atoms with E-state index in [9.17, 15) is 0 Å². The Morgan fingerprint density at radius 2 is 2.28 bits per heavy atom. The number of hydrogen-bond donors (Lipinski definition) is 1. The molecule has 98 valence electrons. The zero-order chi connectivity index (χ0) is 13.1. The minimum Gasteiger partial charge on any atom is -0.481 e. The van der Waals surface area contributed by atoms with E-state index in [1.807, 2.05) is 14.0 Å². The number of aryl methyl sites for hydroxylation is 2. The molecule has 0 spiro atoms. The molecule has 6 heteroatoms. The predicted molar refractivity (Wildman–Crippen MR) is 77.1 cm³/mol. The summed E-state index contributed by atoms with van der Waals surface area (Å²) in [7, 11) is 3.57. The normalized spacial score (nSPS) is 10.9. The Morgan fingerprint density at radius 3 is 2.89 bits per heavy atom. The highest BCUT2D eigenvalue weighted by atomic mass is 79.9. The van der Waals surface area contributed by atoms with Gasteiger partial charge in [0.1, 0.15) is 0 Å². The molecule has 0 atom stereocenters. The fraction of sp³-hybridized carbons (Fsp3) is 0.417. The first kappa shape index (κ1) is 13.6. The molecule has 0 amide bonds. The largest absolute Gasteiger partial charge is 0.481 e. The lowest BCUT2D eigenvalue weighted by molar-refractivity contribution is 0.368. The summed E-state index contributed by atoms with van der Waals surface area (Å²) in [6.45, 7) is 3.62. The third-order valence-electron chi connectivity index (χ3n) is 2.70. The van der Waals surface area contributed by atoms with Crippen LogP contribution < -0.4 is 10.1 Å². The van der Waals surface area contributed by atoms with Gasteiger partial charge in [-0.3, -0.25) is 0 Å². The predicted octanol–water partition coefficient (Wildman–Crippen LogP) is 2.85. The molecule has 0 fully saturated rings. The van der Waals surface area contributed by atoms with Gasteiger partial charge in [0.2, 0.25) is 5.88 Å². The van der Waals surface area contributed by atoms with Gasteiger partial charge in [0.25, 0.3) is 0 Å². The number of ether oxygens (including phenoxy) is 1. The van der Waals surface area contributed by atoms with Gasteiger partial charge in [-0.25, -0.2) is 4.68 Å². The van der Waals surface area contributed by atoms with Crippen molar-refractivity contribution in [1.29, 1.82) is 0 Å². The van der Waals surface area contributed by atoms with Gasteiger partial charge in [-0.05, 0) is 28.9 Å². The number of aromatic nitrogens is 2. The first-order valence-corrected chi connectivity index (χ1v) is 7.29. The van der Waals surface area contributed by atoms with Crippen LogP contribution >= 0.6 is 27.3 Å². The third-order valence-corrected chi connectivity index (χ3v) is 4.40. The van der Waals surface area contributed by atoms with Crippen LogP contribution in [0.3, 0.4) is 0 Å². The van der Waals surface area contributed by atoms with Crippen molar-refractivity contribution in [2.75, 3.05) is 7.11 Å². The highest BCUT2D eigenvalue weighted by Crippen LogP contribution is 2.22. The molecule has 0 aromatic carbocycles. The minimum absolute atomic E-state index is 0.762. The van der Waals surface area contributed by atoms with Gasteiger partial charge in [-0.1, -0.05) is 0 Å². The lowest BCUT2D eigenvalue weighted by Crippen LogP contribution is -2.13. The molecule has 0 saturated carbocycles. The number of nitrogens with zero attached hydrogens (tertiary/aromatic N) is 2. The first-order chi connectivity index (χ1) is 8.61. The second kappa shape index (κ2) is 5.86. The maximum absolute atomic E-state index is 5.36. The Labute approximate surface area is 119 Å². The molecular formula is C12H16BrN3OS. The molecule has 0 aliphatic rings. The van der Waals surface area contributed by atoms with Gasteiger partial charge in [0, 0.05) is 34.9 Å². The van der Waals surface area contributed by atoms with E-state index in [1.54, 1.807) is 23.1 Å². The molecule has 0 saturated heterocycles. The van der Waals surface area contributed by atoms with E-state index in [2.05, 4.69) is 37.8 Å². The van der Waals surface area contributed by atoms with Crippen molar-refractivity contribution in [2.24, 2.45) is 7.05 Å². The van der Waals surface area contributed by atoms with Gasteiger partial charge >= 0.3 is 0 Å². The summed E-state index contributed by atoms with van der Waals surface area (Å²) in [5, 5.41) is 9.87. The van der Waals surface area contributed by atoms with Gasteiger partial charge < -0.3 is 10.1 Å². The van der Waals surface area contributed by atoms with Crippen LogP contribution in [0.2, 0.25) is 0 Å². The lowest BCUT2D eigenvalue weighted by atomic mass is 10.2. The van der Waals surface area contributed by atoms with Gasteiger partial charge in [-0.2, -0.15) is 5.10 Å². The van der Waals surface area contributed by atoms with Crippen LogP contribution in [0.15, 0.2) is 15.9 Å². The average molecular weight is 330 g/mol. The van der Waals surface area contributed by atoms with Crippen LogP contribution in [-0.4, -0.2) is 16.9 Å². The van der Waals surface area contributed by atoms with Crippen molar-refractivity contribution in [1.82, 2.24) is 15.1 Å². The Balaban J connectivity index is 1.98. The molecule has 0 bridgehead atoms. The summed E-state index contributed by atoms with van der Waals surface area (Å²) in [5.74, 6) is 0.826. The standard InChI is InChI=1S/C12H16BrN3OS/c1-8-11(12(17-3)16(2)15-8)6-14-5-10-4-9(13)7-18-10/h4,7,14H,5-6H2,1-3H3. The van der Waals surface area contributed by atoms with Crippen molar-refractivity contribution in [3.05, 3.63) is 32.1 Å². The Kier molecular flexibility index (Phi) is 4.42. The minimum atomic E-state index is 0.762. The molecule has 18 heavy (non-hydrogen) atoms. The van der Waals surface area contributed by atoms with Crippen molar-refractivity contribution < 1.29 is 4.74 Å². The Morgan fingerprint density at radius 1 is 1.50 bits per heavy atom. The lowest BCUT2D eigenvalue weighted by Gasteiger charge is -2.06. The Bertz CT molecular complexity index is 535. The molecule has 0 aliphatic carbocycles. The zero-order valence-corrected chi connectivity index (χ0v) is 13.1. The van der Waals surface area contributed by atoms with E-state index >= 15 is 0 Å². The summed E-state index contributed by atoms with van der Waals surface area (Å²) >= 11 is 5.20. The Hall–Kier alpha value is -0.850. The second-order valence-electron chi connectivity index (χ2n) is 4.03. The number of nitrogens with one attached hydrogen (secondary N) is 1. The summed E-state index contributed by atoms with van der Waals surface area (Å²) in [6.07, 6.45) is 0. The average Bonchev–Trinajstić information content (AvgIpc) is 2.84. The van der Waals surface area contributed by atoms with E-state index in [0.717, 1.165) is 34.7 Å². The van der Waals surface area contributed by atoms with E-state index in [1.165, 1.54) is 4.88 Å². The molecule has 0 unspecified atom stereocenters. The molecule has 0 radical (unpaired) electrons. The van der Waals surface area contributed by atoms with Crippen molar-refractivity contribution >= 4 is 27.3 Å². The van der Waals surface area contributed by atoms with Gasteiger partial charge in [0.05, 0.1) is 18.4 Å². The summed E-state index contributed by atoms with van der Waals surface area (Å²) in [5.41, 5.74) is 2.13. The SMILES string of the molecule is COc1c(CNCc2cc(Br)cs2)c(C)nn1C. The molecule has 2 rings (SSSR count). The first-order valence-electron chi connectivity index (χ1n) is 5.62. The number of hydrogen-bond acceptors (Lipinski definition) is 4. The monoisotopic (exact) mass is 329 g/mol. The third kappa shape index (κ3) is 2.93. The number of halogens is 1. The van der Waals surface area contributed by atoms with Crippen LogP contribution in [-0.2, 0) is 20.1 Å². The molecule has 1 N–H and O–H groups in total. The summed E-state index contributed by atoms with van der Waals surface area (Å²) < 4.78 is 8.27. The molecule has 4 nitrogen and oxygen atoms in total. The molecule has 2 heterocycles. The van der Waals surface area contributed by atoms with E-state index in [-0.39, 0.29) is 0 Å². The molecular weight excluding hydrogens is 314 g/mol.